The standard InChI is InChI=1S/C52H35N3S/c1-4-15-34(16-5-1)36-19-13-22-40(32-36)48-51-49(54-52(53-48)35-17-6-2-7-18-35)45-27-14-26-42(50(45)56-51)39-21-12-20-37(31-39)38-29-30-44-43-25-10-11-28-46(43)55(47(44)33-38)41-23-8-3-9-24-41/h1-29,31-33,44H,30H2. The molecule has 3 nitrogen and oxygen atoms in total. The molecule has 0 fully saturated rings. The van der Waals surface area contributed by atoms with Crippen molar-refractivity contribution in [3.8, 4) is 44.9 Å². The summed E-state index contributed by atoms with van der Waals surface area (Å²) in [5.74, 6) is 1.08. The smallest absolute Gasteiger partial charge is 0.160 e. The molecule has 1 aliphatic carbocycles. The minimum Gasteiger partial charge on any atom is -0.313 e. The monoisotopic (exact) mass is 733 g/mol. The van der Waals surface area contributed by atoms with Gasteiger partial charge < -0.3 is 4.90 Å². The third kappa shape index (κ3) is 5.49. The Hall–Kier alpha value is -6.88. The second-order valence-corrected chi connectivity index (χ2v) is 15.5. The molecule has 11 rings (SSSR count). The number of hydrogen-bond donors (Lipinski definition) is 0. The van der Waals surface area contributed by atoms with Crippen LogP contribution in [0.2, 0.25) is 0 Å². The van der Waals surface area contributed by atoms with Crippen molar-refractivity contribution in [1.29, 1.82) is 0 Å². The first kappa shape index (κ1) is 32.5. The normalized spacial score (nSPS) is 14.7. The number of rotatable bonds is 6. The highest BCUT2D eigenvalue weighted by atomic mass is 32.1. The Kier molecular flexibility index (Phi) is 7.82. The van der Waals surface area contributed by atoms with Gasteiger partial charge in [0, 0.05) is 44.2 Å². The van der Waals surface area contributed by atoms with E-state index in [9.17, 15) is 0 Å². The van der Waals surface area contributed by atoms with Crippen LogP contribution in [0.1, 0.15) is 23.5 Å². The molecule has 0 radical (unpaired) electrons. The van der Waals surface area contributed by atoms with E-state index in [-0.39, 0.29) is 0 Å². The summed E-state index contributed by atoms with van der Waals surface area (Å²) in [7, 11) is 0. The van der Waals surface area contributed by atoms with Gasteiger partial charge in [0.05, 0.1) is 15.9 Å². The SMILES string of the molecule is C1=C(c2cccc(-c3cccc4c3sc3c(-c5cccc(-c6ccccc6)c5)nc(-c5ccccc5)nc34)c2)C=C2C(C1)c1ccccc1N2c1ccccc1. The average molecular weight is 734 g/mol. The minimum atomic E-state index is 0.343. The molecule has 1 unspecified atom stereocenters. The van der Waals surface area contributed by atoms with Crippen LogP contribution in [0.4, 0.5) is 11.4 Å². The van der Waals surface area contributed by atoms with E-state index in [1.807, 2.05) is 6.07 Å². The maximum Gasteiger partial charge on any atom is 0.160 e. The maximum atomic E-state index is 5.30. The molecule has 2 aromatic heterocycles. The highest BCUT2D eigenvalue weighted by Gasteiger charge is 2.35. The molecule has 56 heavy (non-hydrogen) atoms. The summed E-state index contributed by atoms with van der Waals surface area (Å²) in [6.07, 6.45) is 5.81. The van der Waals surface area contributed by atoms with Gasteiger partial charge in [0.15, 0.2) is 5.82 Å². The van der Waals surface area contributed by atoms with Gasteiger partial charge in [-0.15, -0.1) is 11.3 Å². The van der Waals surface area contributed by atoms with Crippen LogP contribution < -0.4 is 4.90 Å². The lowest BCUT2D eigenvalue weighted by Crippen LogP contribution is -2.15. The fourth-order valence-electron chi connectivity index (χ4n) is 8.53. The Morgan fingerprint density at radius 1 is 0.518 bits per heavy atom. The van der Waals surface area contributed by atoms with Gasteiger partial charge in [0.2, 0.25) is 0 Å². The van der Waals surface area contributed by atoms with Crippen LogP contribution >= 0.6 is 11.3 Å². The second kappa shape index (κ2) is 13.5. The first-order chi connectivity index (χ1) is 27.8. The van der Waals surface area contributed by atoms with Gasteiger partial charge in [-0.05, 0) is 81.8 Å². The largest absolute Gasteiger partial charge is 0.313 e. The molecule has 0 N–H and O–H groups in total. The summed E-state index contributed by atoms with van der Waals surface area (Å²) in [4.78, 5) is 13.0. The van der Waals surface area contributed by atoms with Crippen LogP contribution in [0.3, 0.4) is 0 Å². The minimum absolute atomic E-state index is 0.343. The number of benzene rings is 7. The molecule has 0 bridgehead atoms. The third-order valence-electron chi connectivity index (χ3n) is 11.2. The number of aromatic nitrogens is 2. The number of nitrogens with zero attached hydrogens (tertiary/aromatic N) is 3. The van der Waals surface area contributed by atoms with Gasteiger partial charge in [-0.1, -0.05) is 158 Å². The van der Waals surface area contributed by atoms with Crippen LogP contribution in [0.15, 0.2) is 200 Å². The third-order valence-corrected chi connectivity index (χ3v) is 12.4. The average Bonchev–Trinajstić information content (AvgIpc) is 3.83. The molecule has 3 heterocycles. The number of hydrogen-bond acceptors (Lipinski definition) is 4. The van der Waals surface area contributed by atoms with Crippen molar-refractivity contribution < 1.29 is 0 Å². The molecular formula is C52H35N3S. The summed E-state index contributed by atoms with van der Waals surface area (Å²) in [5, 5.41) is 1.15. The Morgan fingerprint density at radius 2 is 1.16 bits per heavy atom. The van der Waals surface area contributed by atoms with Gasteiger partial charge in [-0.3, -0.25) is 0 Å². The molecule has 264 valence electrons. The molecule has 1 aliphatic heterocycles. The number of thiophene rings is 1. The van der Waals surface area contributed by atoms with Crippen LogP contribution in [-0.2, 0) is 0 Å². The lowest BCUT2D eigenvalue weighted by molar-refractivity contribution is 0.822. The lowest BCUT2D eigenvalue weighted by Gasteiger charge is -2.26. The quantitative estimate of drug-likeness (QED) is 0.170. The van der Waals surface area contributed by atoms with E-state index in [4.69, 9.17) is 9.97 Å². The molecule has 7 aromatic carbocycles. The molecule has 0 saturated heterocycles. The van der Waals surface area contributed by atoms with E-state index in [2.05, 4.69) is 193 Å². The molecule has 2 aliphatic rings. The van der Waals surface area contributed by atoms with E-state index in [0.717, 1.165) is 44.7 Å². The predicted octanol–water partition coefficient (Wildman–Crippen LogP) is 14.1. The zero-order valence-corrected chi connectivity index (χ0v) is 31.3. The molecule has 4 heteroatoms. The van der Waals surface area contributed by atoms with Crippen LogP contribution in [0.25, 0.3) is 70.8 Å². The summed E-state index contributed by atoms with van der Waals surface area (Å²) in [5.41, 5.74) is 16.5. The number of para-hydroxylation sites is 2. The molecule has 9 aromatic rings. The van der Waals surface area contributed by atoms with E-state index in [1.54, 1.807) is 11.3 Å². The van der Waals surface area contributed by atoms with Crippen molar-refractivity contribution in [1.82, 2.24) is 9.97 Å². The number of allylic oxidation sites excluding steroid dienone is 4. The predicted molar refractivity (Wildman–Crippen MR) is 235 cm³/mol. The van der Waals surface area contributed by atoms with Crippen LogP contribution in [0, 0.1) is 0 Å². The maximum absolute atomic E-state index is 5.30. The van der Waals surface area contributed by atoms with Gasteiger partial charge in [-0.25, -0.2) is 9.97 Å². The van der Waals surface area contributed by atoms with Gasteiger partial charge in [0.1, 0.15) is 0 Å². The van der Waals surface area contributed by atoms with Crippen LogP contribution in [-0.4, -0.2) is 9.97 Å². The Labute approximate surface area is 330 Å². The van der Waals surface area contributed by atoms with E-state index < -0.39 is 0 Å². The Bertz CT molecular complexity index is 3000. The van der Waals surface area contributed by atoms with Crippen LogP contribution in [0.5, 0.6) is 0 Å². The van der Waals surface area contributed by atoms with Crippen molar-refractivity contribution >= 4 is 48.6 Å². The molecule has 1 atom stereocenters. The summed E-state index contributed by atoms with van der Waals surface area (Å²) in [6, 6.07) is 65.0. The van der Waals surface area contributed by atoms with E-state index >= 15 is 0 Å². The van der Waals surface area contributed by atoms with E-state index in [0.29, 0.717) is 5.92 Å². The van der Waals surface area contributed by atoms with Gasteiger partial charge >= 0.3 is 0 Å². The summed E-state index contributed by atoms with van der Waals surface area (Å²) in [6.45, 7) is 0. The summed E-state index contributed by atoms with van der Waals surface area (Å²) < 4.78 is 2.32. The van der Waals surface area contributed by atoms with Crippen molar-refractivity contribution in [2.45, 2.75) is 12.3 Å². The van der Waals surface area contributed by atoms with Gasteiger partial charge in [-0.2, -0.15) is 0 Å². The zero-order chi connectivity index (χ0) is 37.0. The number of fused-ring (bicyclic) bond motifs is 6. The van der Waals surface area contributed by atoms with Gasteiger partial charge in [0.25, 0.3) is 0 Å². The van der Waals surface area contributed by atoms with Crippen molar-refractivity contribution in [2.24, 2.45) is 0 Å². The van der Waals surface area contributed by atoms with Crippen molar-refractivity contribution in [3.63, 3.8) is 0 Å². The zero-order valence-electron chi connectivity index (χ0n) is 30.5. The topological polar surface area (TPSA) is 29.0 Å². The Balaban J connectivity index is 1.04. The molecule has 0 saturated carbocycles. The molecule has 0 amide bonds. The Morgan fingerprint density at radius 3 is 1.98 bits per heavy atom. The number of anilines is 2. The van der Waals surface area contributed by atoms with Crippen molar-refractivity contribution in [3.05, 3.63) is 211 Å². The molecular weight excluding hydrogens is 699 g/mol. The highest BCUT2D eigenvalue weighted by molar-refractivity contribution is 7.26. The highest BCUT2D eigenvalue weighted by Crippen LogP contribution is 2.52. The fourth-order valence-corrected chi connectivity index (χ4v) is 9.82. The fraction of sp³-hybridized carbons (Fsp3) is 0.0385. The molecule has 0 spiro atoms. The van der Waals surface area contributed by atoms with E-state index in [1.165, 1.54) is 60.7 Å². The van der Waals surface area contributed by atoms with Crippen molar-refractivity contribution in [2.75, 3.05) is 4.90 Å². The second-order valence-electron chi connectivity index (χ2n) is 14.5. The lowest BCUT2D eigenvalue weighted by atomic mass is 9.87. The first-order valence-corrected chi connectivity index (χ1v) is 20.0. The summed E-state index contributed by atoms with van der Waals surface area (Å²) >= 11 is 1.80. The first-order valence-electron chi connectivity index (χ1n) is 19.2.